The molecule has 106 valence electrons. The van der Waals surface area contributed by atoms with Crippen molar-refractivity contribution in [2.45, 2.75) is 6.18 Å². The molecule has 3 rings (SSSR count). The molecule has 0 radical (unpaired) electrons. The van der Waals surface area contributed by atoms with Crippen LogP contribution in [0.15, 0.2) is 18.2 Å². The summed E-state index contributed by atoms with van der Waals surface area (Å²) in [6, 6.07) is 5.60. The minimum atomic E-state index is -4.49. The van der Waals surface area contributed by atoms with Gasteiger partial charge in [-0.2, -0.15) is 18.4 Å². The average molecular weight is 281 g/mol. The first-order valence-electron chi connectivity index (χ1n) is 6.56. The van der Waals surface area contributed by atoms with Gasteiger partial charge in [0.2, 0.25) is 0 Å². The van der Waals surface area contributed by atoms with Gasteiger partial charge in [0.15, 0.2) is 0 Å². The zero-order valence-corrected chi connectivity index (χ0v) is 10.7. The molecular formula is C14H14F3N3. The van der Waals surface area contributed by atoms with E-state index in [1.165, 1.54) is 6.07 Å². The maximum Gasteiger partial charge on any atom is 0.417 e. The Bertz CT molecular complexity index is 550. The number of anilines is 1. The predicted octanol–water partition coefficient (Wildman–Crippen LogP) is 2.23. The number of hydrogen-bond donors (Lipinski definition) is 1. The smallest absolute Gasteiger partial charge is 0.371 e. The number of halogens is 3. The molecule has 2 saturated heterocycles. The highest BCUT2D eigenvalue weighted by molar-refractivity contribution is 5.55. The molecular weight excluding hydrogens is 267 g/mol. The average Bonchev–Trinajstić information content (AvgIpc) is 2.97. The van der Waals surface area contributed by atoms with Crippen molar-refractivity contribution in [3.63, 3.8) is 0 Å². The van der Waals surface area contributed by atoms with Crippen LogP contribution in [0.1, 0.15) is 11.1 Å². The van der Waals surface area contributed by atoms with Crippen LogP contribution >= 0.6 is 0 Å². The molecule has 0 bridgehead atoms. The lowest BCUT2D eigenvalue weighted by atomic mass is 10.0. The van der Waals surface area contributed by atoms with Gasteiger partial charge < -0.3 is 10.2 Å². The van der Waals surface area contributed by atoms with Gasteiger partial charge in [-0.1, -0.05) is 0 Å². The van der Waals surface area contributed by atoms with Crippen LogP contribution < -0.4 is 10.2 Å². The summed E-state index contributed by atoms with van der Waals surface area (Å²) in [4.78, 5) is 1.99. The SMILES string of the molecule is N#Cc1ccc(N2C[C@H]3CNC[C@H]3C2)cc1C(F)(F)F. The Labute approximate surface area is 115 Å². The molecule has 0 aromatic heterocycles. The Balaban J connectivity index is 1.90. The number of nitrogens with zero attached hydrogens (tertiary/aromatic N) is 2. The molecule has 2 heterocycles. The summed E-state index contributed by atoms with van der Waals surface area (Å²) >= 11 is 0. The minimum Gasteiger partial charge on any atom is -0.371 e. The van der Waals surface area contributed by atoms with Gasteiger partial charge in [-0.3, -0.25) is 0 Å². The van der Waals surface area contributed by atoms with Crippen LogP contribution in [-0.2, 0) is 6.18 Å². The predicted molar refractivity (Wildman–Crippen MR) is 68.2 cm³/mol. The van der Waals surface area contributed by atoms with Gasteiger partial charge >= 0.3 is 6.18 Å². The molecule has 2 aliphatic heterocycles. The normalized spacial score (nSPS) is 25.6. The Morgan fingerprint density at radius 2 is 1.85 bits per heavy atom. The highest BCUT2D eigenvalue weighted by Gasteiger charge is 2.38. The van der Waals surface area contributed by atoms with Gasteiger partial charge in [-0.25, -0.2) is 0 Å². The fourth-order valence-electron chi connectivity index (χ4n) is 3.13. The van der Waals surface area contributed by atoms with Crippen molar-refractivity contribution in [3.05, 3.63) is 29.3 Å². The second kappa shape index (κ2) is 4.67. The van der Waals surface area contributed by atoms with Crippen LogP contribution in [0.4, 0.5) is 18.9 Å². The standard InChI is InChI=1S/C14H14F3N3/c15-14(16,17)13-3-12(2-1-9(13)4-18)20-7-10-5-19-6-11(10)8-20/h1-3,10-11,19H,5-8H2/t10-,11+. The number of nitrogens with one attached hydrogen (secondary N) is 1. The highest BCUT2D eigenvalue weighted by atomic mass is 19.4. The molecule has 0 saturated carbocycles. The lowest BCUT2D eigenvalue weighted by Gasteiger charge is -2.21. The second-order valence-corrected chi connectivity index (χ2v) is 5.42. The largest absolute Gasteiger partial charge is 0.417 e. The van der Waals surface area contributed by atoms with Crippen molar-refractivity contribution in [1.29, 1.82) is 5.26 Å². The Morgan fingerprint density at radius 1 is 1.20 bits per heavy atom. The van der Waals surface area contributed by atoms with Gasteiger partial charge in [0.05, 0.1) is 17.2 Å². The van der Waals surface area contributed by atoms with E-state index >= 15 is 0 Å². The lowest BCUT2D eigenvalue weighted by Crippen LogP contribution is -2.25. The van der Waals surface area contributed by atoms with Crippen LogP contribution in [0.25, 0.3) is 0 Å². The number of nitriles is 1. The molecule has 1 N–H and O–H groups in total. The van der Waals surface area contributed by atoms with E-state index in [2.05, 4.69) is 5.32 Å². The van der Waals surface area contributed by atoms with Gasteiger partial charge in [0.25, 0.3) is 0 Å². The quantitative estimate of drug-likeness (QED) is 0.858. The van der Waals surface area contributed by atoms with E-state index in [1.807, 2.05) is 4.90 Å². The van der Waals surface area contributed by atoms with E-state index in [0.717, 1.165) is 32.2 Å². The van der Waals surface area contributed by atoms with Crippen molar-refractivity contribution < 1.29 is 13.2 Å². The van der Waals surface area contributed by atoms with Gasteiger partial charge in [0, 0.05) is 31.9 Å². The van der Waals surface area contributed by atoms with E-state index in [9.17, 15) is 13.2 Å². The molecule has 2 atom stereocenters. The van der Waals surface area contributed by atoms with Crippen LogP contribution in [0.2, 0.25) is 0 Å². The number of alkyl halides is 3. The van der Waals surface area contributed by atoms with Crippen molar-refractivity contribution in [1.82, 2.24) is 5.32 Å². The van der Waals surface area contributed by atoms with E-state index in [-0.39, 0.29) is 5.56 Å². The van der Waals surface area contributed by atoms with Crippen molar-refractivity contribution >= 4 is 5.69 Å². The molecule has 0 amide bonds. The van der Waals surface area contributed by atoms with Crippen LogP contribution in [0.5, 0.6) is 0 Å². The number of benzene rings is 1. The topological polar surface area (TPSA) is 39.1 Å². The zero-order valence-electron chi connectivity index (χ0n) is 10.7. The maximum absolute atomic E-state index is 13.0. The summed E-state index contributed by atoms with van der Waals surface area (Å²) in [6.45, 7) is 3.43. The number of fused-ring (bicyclic) bond motifs is 1. The number of hydrogen-bond acceptors (Lipinski definition) is 3. The Hall–Kier alpha value is -1.74. The number of rotatable bonds is 1. The third-order valence-electron chi connectivity index (χ3n) is 4.18. The van der Waals surface area contributed by atoms with Crippen molar-refractivity contribution in [3.8, 4) is 6.07 Å². The lowest BCUT2D eigenvalue weighted by molar-refractivity contribution is -0.137. The molecule has 1 aromatic carbocycles. The summed E-state index contributed by atoms with van der Waals surface area (Å²) in [5, 5.41) is 12.1. The fraction of sp³-hybridized carbons (Fsp3) is 0.500. The molecule has 20 heavy (non-hydrogen) atoms. The molecule has 2 fully saturated rings. The van der Waals surface area contributed by atoms with E-state index in [1.54, 1.807) is 12.1 Å². The van der Waals surface area contributed by atoms with Crippen molar-refractivity contribution in [2.75, 3.05) is 31.1 Å². The summed E-state index contributed by atoms with van der Waals surface area (Å²) in [7, 11) is 0. The van der Waals surface area contributed by atoms with E-state index < -0.39 is 11.7 Å². The second-order valence-electron chi connectivity index (χ2n) is 5.42. The van der Waals surface area contributed by atoms with E-state index in [4.69, 9.17) is 5.26 Å². The third kappa shape index (κ3) is 2.22. The first-order valence-corrected chi connectivity index (χ1v) is 6.56. The van der Waals surface area contributed by atoms with Gasteiger partial charge in [-0.15, -0.1) is 0 Å². The van der Waals surface area contributed by atoms with Crippen LogP contribution in [0, 0.1) is 23.2 Å². The summed E-state index contributed by atoms with van der Waals surface area (Å²) < 4.78 is 38.9. The molecule has 0 aliphatic carbocycles. The fourth-order valence-corrected chi connectivity index (χ4v) is 3.13. The van der Waals surface area contributed by atoms with Crippen LogP contribution in [-0.4, -0.2) is 26.2 Å². The van der Waals surface area contributed by atoms with Gasteiger partial charge in [-0.05, 0) is 30.0 Å². The molecule has 1 aromatic rings. The maximum atomic E-state index is 13.0. The molecule has 0 spiro atoms. The molecule has 0 unspecified atom stereocenters. The van der Waals surface area contributed by atoms with Crippen LogP contribution in [0.3, 0.4) is 0 Å². The summed E-state index contributed by atoms with van der Waals surface area (Å²) in [6.07, 6.45) is -4.49. The molecule has 3 nitrogen and oxygen atoms in total. The molecule has 6 heteroatoms. The first-order chi connectivity index (χ1) is 9.49. The highest BCUT2D eigenvalue weighted by Crippen LogP contribution is 2.36. The minimum absolute atomic E-state index is 0.317. The van der Waals surface area contributed by atoms with Crippen molar-refractivity contribution in [2.24, 2.45) is 11.8 Å². The monoisotopic (exact) mass is 281 g/mol. The van der Waals surface area contributed by atoms with E-state index in [0.29, 0.717) is 17.5 Å². The third-order valence-corrected chi connectivity index (χ3v) is 4.18. The summed E-state index contributed by atoms with van der Waals surface area (Å²) in [5.74, 6) is 1.03. The molecule has 2 aliphatic rings. The van der Waals surface area contributed by atoms with Gasteiger partial charge in [0.1, 0.15) is 0 Å². The first kappa shape index (κ1) is 13.3. The Kier molecular flexibility index (Phi) is 3.09. The summed E-state index contributed by atoms with van der Waals surface area (Å²) in [5.41, 5.74) is -0.597. The Morgan fingerprint density at radius 3 is 2.40 bits per heavy atom. The zero-order chi connectivity index (χ0) is 14.3.